The van der Waals surface area contributed by atoms with E-state index >= 15 is 0 Å². The van der Waals surface area contributed by atoms with Crippen molar-refractivity contribution in [3.63, 3.8) is 0 Å². The van der Waals surface area contributed by atoms with E-state index < -0.39 is 5.41 Å². The van der Waals surface area contributed by atoms with E-state index in [1.165, 1.54) is 0 Å². The first-order valence-electron chi connectivity index (χ1n) is 9.38. The molecule has 1 aliphatic rings. The summed E-state index contributed by atoms with van der Waals surface area (Å²) >= 11 is 6.69. The number of Topliss-reactive ketones (excluding diaryl/α,β-unsaturated/α-hetero) is 1. The first-order valence-corrected chi connectivity index (χ1v) is 9.76. The predicted octanol–water partition coefficient (Wildman–Crippen LogP) is 5.00. The summed E-state index contributed by atoms with van der Waals surface area (Å²) in [5.41, 5.74) is 1.79. The van der Waals surface area contributed by atoms with E-state index in [4.69, 9.17) is 11.6 Å². The summed E-state index contributed by atoms with van der Waals surface area (Å²) in [7, 11) is 0. The molecule has 1 aliphatic heterocycles. The highest BCUT2D eigenvalue weighted by atomic mass is 35.5. The van der Waals surface area contributed by atoms with Crippen LogP contribution in [0, 0.1) is 0 Å². The maximum absolute atomic E-state index is 14.1. The van der Waals surface area contributed by atoms with E-state index in [1.54, 1.807) is 0 Å². The third-order valence-corrected chi connectivity index (χ3v) is 5.77. The van der Waals surface area contributed by atoms with E-state index in [2.05, 4.69) is 5.32 Å². The molecule has 1 N–H and O–H groups in total. The number of carbonyl (C=O) groups is 1. The van der Waals surface area contributed by atoms with Gasteiger partial charge in [-0.05, 0) is 42.1 Å². The molecule has 136 valence electrons. The van der Waals surface area contributed by atoms with Crippen molar-refractivity contribution in [2.75, 3.05) is 6.54 Å². The zero-order valence-corrected chi connectivity index (χ0v) is 15.8. The number of carbonyl (C=O) groups excluding carboxylic acids is 1. The Kier molecular flexibility index (Phi) is 5.11. The van der Waals surface area contributed by atoms with Gasteiger partial charge < -0.3 is 5.32 Å². The first kappa shape index (κ1) is 18.0. The number of rotatable bonds is 5. The Hall–Kier alpha value is -2.42. The summed E-state index contributed by atoms with van der Waals surface area (Å²) in [6, 6.07) is 27.6. The number of hydrogen-bond donors (Lipinski definition) is 1. The first-order chi connectivity index (χ1) is 13.2. The molecule has 1 atom stereocenters. The van der Waals surface area contributed by atoms with Crippen LogP contribution < -0.4 is 5.32 Å². The zero-order valence-electron chi connectivity index (χ0n) is 15.1. The fourth-order valence-electron chi connectivity index (χ4n) is 4.21. The number of benzene rings is 3. The summed E-state index contributed by atoms with van der Waals surface area (Å²) in [4.78, 5) is 14.1. The Morgan fingerprint density at radius 3 is 1.93 bits per heavy atom. The molecule has 1 saturated heterocycles. The van der Waals surface area contributed by atoms with E-state index in [9.17, 15) is 4.79 Å². The highest BCUT2D eigenvalue weighted by molar-refractivity contribution is 6.32. The van der Waals surface area contributed by atoms with Crippen LogP contribution in [-0.2, 0) is 10.2 Å². The molecule has 1 fully saturated rings. The quantitative estimate of drug-likeness (QED) is 0.636. The lowest BCUT2D eigenvalue weighted by atomic mass is 9.65. The Labute approximate surface area is 165 Å². The molecule has 0 amide bonds. The van der Waals surface area contributed by atoms with Crippen molar-refractivity contribution >= 4 is 17.4 Å². The lowest BCUT2D eigenvalue weighted by molar-refractivity contribution is -0.123. The molecular weight excluding hydrogens is 354 g/mol. The van der Waals surface area contributed by atoms with Crippen LogP contribution in [0.15, 0.2) is 84.9 Å². The molecule has 0 aromatic heterocycles. The highest BCUT2D eigenvalue weighted by Crippen LogP contribution is 2.44. The van der Waals surface area contributed by atoms with E-state index in [1.807, 2.05) is 84.9 Å². The minimum atomic E-state index is -0.942. The molecule has 3 aromatic rings. The van der Waals surface area contributed by atoms with Crippen LogP contribution >= 0.6 is 11.6 Å². The van der Waals surface area contributed by atoms with Gasteiger partial charge in [0, 0.05) is 5.02 Å². The van der Waals surface area contributed by atoms with Gasteiger partial charge in [-0.25, -0.2) is 0 Å². The molecule has 3 aromatic carbocycles. The highest BCUT2D eigenvalue weighted by Gasteiger charge is 2.47. The molecule has 0 bridgehead atoms. The van der Waals surface area contributed by atoms with Crippen molar-refractivity contribution in [3.8, 4) is 0 Å². The van der Waals surface area contributed by atoms with Gasteiger partial charge >= 0.3 is 0 Å². The van der Waals surface area contributed by atoms with Crippen molar-refractivity contribution in [2.45, 2.75) is 24.3 Å². The summed E-state index contributed by atoms with van der Waals surface area (Å²) in [6.45, 7) is 0.874. The molecule has 2 nitrogen and oxygen atoms in total. The fourth-order valence-corrected chi connectivity index (χ4v) is 4.48. The SMILES string of the molecule is O=C([C@H]1CCCN1)C(c1ccccc1)(c1ccccc1)c1ccccc1Cl. The van der Waals surface area contributed by atoms with Crippen molar-refractivity contribution in [1.82, 2.24) is 5.32 Å². The van der Waals surface area contributed by atoms with Gasteiger partial charge in [-0.2, -0.15) is 0 Å². The van der Waals surface area contributed by atoms with Gasteiger partial charge in [-0.15, -0.1) is 0 Å². The third-order valence-electron chi connectivity index (χ3n) is 5.44. The van der Waals surface area contributed by atoms with E-state index in [0.717, 1.165) is 36.1 Å². The van der Waals surface area contributed by atoms with Crippen LogP contribution in [-0.4, -0.2) is 18.4 Å². The van der Waals surface area contributed by atoms with Crippen molar-refractivity contribution in [2.24, 2.45) is 0 Å². The molecule has 0 unspecified atom stereocenters. The van der Waals surface area contributed by atoms with Crippen LogP contribution in [0.2, 0.25) is 5.02 Å². The third kappa shape index (κ3) is 3.09. The number of hydrogen-bond acceptors (Lipinski definition) is 2. The Balaban J connectivity index is 2.06. The van der Waals surface area contributed by atoms with Crippen molar-refractivity contribution < 1.29 is 4.79 Å². The van der Waals surface area contributed by atoms with E-state index in [-0.39, 0.29) is 11.8 Å². The Bertz CT molecular complexity index is 878. The number of ketones is 1. The zero-order chi connectivity index (χ0) is 18.7. The minimum Gasteiger partial charge on any atom is -0.307 e. The smallest absolute Gasteiger partial charge is 0.169 e. The molecule has 0 spiro atoms. The van der Waals surface area contributed by atoms with Crippen molar-refractivity contribution in [3.05, 3.63) is 107 Å². The second-order valence-corrected chi connectivity index (χ2v) is 7.38. The Morgan fingerprint density at radius 1 is 0.852 bits per heavy atom. The summed E-state index contributed by atoms with van der Waals surface area (Å²) < 4.78 is 0. The second-order valence-electron chi connectivity index (χ2n) is 6.98. The lowest BCUT2D eigenvalue weighted by Crippen LogP contribution is -2.48. The van der Waals surface area contributed by atoms with Gasteiger partial charge in [0.25, 0.3) is 0 Å². The van der Waals surface area contributed by atoms with Crippen molar-refractivity contribution in [1.29, 1.82) is 0 Å². The molecule has 4 rings (SSSR count). The molecule has 0 radical (unpaired) electrons. The predicted molar refractivity (Wildman–Crippen MR) is 110 cm³/mol. The molecule has 1 heterocycles. The average molecular weight is 376 g/mol. The average Bonchev–Trinajstić information content (AvgIpc) is 3.26. The van der Waals surface area contributed by atoms with Crippen LogP contribution in [0.4, 0.5) is 0 Å². The molecule has 3 heteroatoms. The van der Waals surface area contributed by atoms with Gasteiger partial charge in [0.1, 0.15) is 5.41 Å². The summed E-state index contributed by atoms with van der Waals surface area (Å²) in [5, 5.41) is 4.01. The number of halogens is 1. The fraction of sp³-hybridized carbons (Fsp3) is 0.208. The van der Waals surface area contributed by atoms with Gasteiger partial charge in [0.15, 0.2) is 5.78 Å². The standard InChI is InChI=1S/C24H22ClNO/c25-21-15-8-7-14-20(21)24(18-10-3-1-4-11-18,19-12-5-2-6-13-19)23(27)22-16-9-17-26-22/h1-8,10-15,22,26H,9,16-17H2/t22-/m1/s1. The normalized spacial score (nSPS) is 17.0. The summed E-state index contributed by atoms with van der Waals surface area (Å²) in [5.74, 6) is 0.158. The van der Waals surface area contributed by atoms with E-state index in [0.29, 0.717) is 5.02 Å². The molecular formula is C24H22ClNO. The van der Waals surface area contributed by atoms with Crippen LogP contribution in [0.25, 0.3) is 0 Å². The molecule has 0 aliphatic carbocycles. The minimum absolute atomic E-state index is 0.158. The molecule has 0 saturated carbocycles. The lowest BCUT2D eigenvalue weighted by Gasteiger charge is -2.37. The maximum atomic E-state index is 14.1. The number of nitrogens with one attached hydrogen (secondary N) is 1. The second kappa shape index (κ2) is 7.67. The van der Waals surface area contributed by atoms with Crippen LogP contribution in [0.1, 0.15) is 29.5 Å². The monoisotopic (exact) mass is 375 g/mol. The van der Waals surface area contributed by atoms with Gasteiger partial charge in [0.05, 0.1) is 6.04 Å². The van der Waals surface area contributed by atoms with Gasteiger partial charge in [-0.1, -0.05) is 90.5 Å². The van der Waals surface area contributed by atoms with Gasteiger partial charge in [-0.3, -0.25) is 4.79 Å². The van der Waals surface area contributed by atoms with Crippen LogP contribution in [0.3, 0.4) is 0 Å². The van der Waals surface area contributed by atoms with Crippen LogP contribution in [0.5, 0.6) is 0 Å². The Morgan fingerprint density at radius 2 is 1.41 bits per heavy atom. The topological polar surface area (TPSA) is 29.1 Å². The molecule has 27 heavy (non-hydrogen) atoms. The summed E-state index contributed by atoms with van der Waals surface area (Å²) in [6.07, 6.45) is 1.86. The van der Waals surface area contributed by atoms with Gasteiger partial charge in [0.2, 0.25) is 0 Å². The largest absolute Gasteiger partial charge is 0.307 e. The maximum Gasteiger partial charge on any atom is 0.169 e.